The molecule has 2 aromatic carbocycles. The van der Waals surface area contributed by atoms with Gasteiger partial charge in [-0.05, 0) is 31.4 Å². The van der Waals surface area contributed by atoms with Gasteiger partial charge >= 0.3 is 0 Å². The van der Waals surface area contributed by atoms with Crippen LogP contribution in [0.5, 0.6) is 0 Å². The third kappa shape index (κ3) is 3.65. The molecule has 0 bridgehead atoms. The Kier molecular flexibility index (Phi) is 5.05. The Labute approximate surface area is 161 Å². The van der Waals surface area contributed by atoms with E-state index >= 15 is 0 Å². The molecule has 4 nitrogen and oxygen atoms in total. The standard InChI is InChI=1S/C23H26N4/c1-3-26(4-2)23-24-21(19-11-6-5-7-12-19)16-22(25-23)27-15-14-18-10-8-9-13-20(18)17-27/h5-13,16H,3-4,14-15,17H2,1-2H3. The second-order valence-electron chi connectivity index (χ2n) is 6.89. The van der Waals surface area contributed by atoms with Crippen LogP contribution >= 0.6 is 0 Å². The number of hydrogen-bond donors (Lipinski definition) is 0. The van der Waals surface area contributed by atoms with Crippen LogP contribution in [0, 0.1) is 0 Å². The van der Waals surface area contributed by atoms with E-state index in [2.05, 4.69) is 78.2 Å². The Morgan fingerprint density at radius 1 is 0.889 bits per heavy atom. The number of hydrogen-bond acceptors (Lipinski definition) is 4. The molecule has 0 saturated carbocycles. The SMILES string of the molecule is CCN(CC)c1nc(-c2ccccc2)cc(N2CCc3ccccc3C2)n1. The van der Waals surface area contributed by atoms with Gasteiger partial charge in [-0.25, -0.2) is 4.98 Å². The van der Waals surface area contributed by atoms with Crippen molar-refractivity contribution in [3.05, 3.63) is 71.8 Å². The molecule has 0 amide bonds. The molecule has 0 aliphatic carbocycles. The zero-order chi connectivity index (χ0) is 18.6. The zero-order valence-corrected chi connectivity index (χ0v) is 16.1. The van der Waals surface area contributed by atoms with Crippen molar-refractivity contribution in [3.63, 3.8) is 0 Å². The summed E-state index contributed by atoms with van der Waals surface area (Å²) in [6, 6.07) is 21.2. The van der Waals surface area contributed by atoms with Gasteiger partial charge in [-0.1, -0.05) is 54.6 Å². The fourth-order valence-electron chi connectivity index (χ4n) is 3.68. The van der Waals surface area contributed by atoms with Crippen molar-refractivity contribution in [2.24, 2.45) is 0 Å². The predicted octanol–water partition coefficient (Wildman–Crippen LogP) is 4.55. The summed E-state index contributed by atoms with van der Waals surface area (Å²) in [7, 11) is 0. The summed E-state index contributed by atoms with van der Waals surface area (Å²) in [6.45, 7) is 7.99. The Bertz CT molecular complexity index is 903. The summed E-state index contributed by atoms with van der Waals surface area (Å²) >= 11 is 0. The first-order valence-corrected chi connectivity index (χ1v) is 9.79. The average molecular weight is 358 g/mol. The van der Waals surface area contributed by atoms with Crippen LogP contribution in [0.15, 0.2) is 60.7 Å². The fraction of sp³-hybridized carbons (Fsp3) is 0.304. The third-order valence-corrected chi connectivity index (χ3v) is 5.27. The second kappa shape index (κ2) is 7.78. The van der Waals surface area contributed by atoms with Gasteiger partial charge in [0.2, 0.25) is 5.95 Å². The molecule has 1 aromatic heterocycles. The maximum atomic E-state index is 4.94. The van der Waals surface area contributed by atoms with Crippen molar-refractivity contribution in [2.75, 3.05) is 29.4 Å². The van der Waals surface area contributed by atoms with E-state index in [0.29, 0.717) is 0 Å². The van der Waals surface area contributed by atoms with Crippen molar-refractivity contribution in [3.8, 4) is 11.3 Å². The number of aromatic nitrogens is 2. The van der Waals surface area contributed by atoms with E-state index in [4.69, 9.17) is 9.97 Å². The maximum absolute atomic E-state index is 4.94. The monoisotopic (exact) mass is 358 g/mol. The molecule has 4 heteroatoms. The molecule has 1 aliphatic heterocycles. The fourth-order valence-corrected chi connectivity index (χ4v) is 3.68. The smallest absolute Gasteiger partial charge is 0.227 e. The van der Waals surface area contributed by atoms with E-state index in [9.17, 15) is 0 Å². The summed E-state index contributed by atoms with van der Waals surface area (Å²) in [5, 5.41) is 0. The molecule has 0 radical (unpaired) electrons. The van der Waals surface area contributed by atoms with Gasteiger partial charge in [0.25, 0.3) is 0 Å². The van der Waals surface area contributed by atoms with Crippen LogP contribution in [-0.4, -0.2) is 29.6 Å². The van der Waals surface area contributed by atoms with Crippen molar-refractivity contribution in [2.45, 2.75) is 26.8 Å². The van der Waals surface area contributed by atoms with Crippen LogP contribution in [0.25, 0.3) is 11.3 Å². The lowest BCUT2D eigenvalue weighted by Crippen LogP contribution is -2.32. The molecule has 27 heavy (non-hydrogen) atoms. The second-order valence-corrected chi connectivity index (χ2v) is 6.89. The van der Waals surface area contributed by atoms with Gasteiger partial charge in [-0.15, -0.1) is 0 Å². The topological polar surface area (TPSA) is 32.3 Å². The highest BCUT2D eigenvalue weighted by Gasteiger charge is 2.20. The van der Waals surface area contributed by atoms with E-state index in [-0.39, 0.29) is 0 Å². The highest BCUT2D eigenvalue weighted by Crippen LogP contribution is 2.28. The summed E-state index contributed by atoms with van der Waals surface area (Å²) in [5.41, 5.74) is 4.97. The van der Waals surface area contributed by atoms with Crippen molar-refractivity contribution < 1.29 is 0 Å². The first-order chi connectivity index (χ1) is 13.3. The molecule has 1 aliphatic rings. The number of benzene rings is 2. The van der Waals surface area contributed by atoms with Crippen LogP contribution in [0.3, 0.4) is 0 Å². The van der Waals surface area contributed by atoms with Crippen LogP contribution in [-0.2, 0) is 13.0 Å². The Hall–Kier alpha value is -2.88. The van der Waals surface area contributed by atoms with E-state index in [0.717, 1.165) is 55.6 Å². The molecule has 0 unspecified atom stereocenters. The Morgan fingerprint density at radius 2 is 1.59 bits per heavy atom. The van der Waals surface area contributed by atoms with Crippen LogP contribution in [0.2, 0.25) is 0 Å². The Morgan fingerprint density at radius 3 is 2.33 bits per heavy atom. The van der Waals surface area contributed by atoms with E-state index in [1.807, 2.05) is 6.07 Å². The van der Waals surface area contributed by atoms with Crippen molar-refractivity contribution in [1.29, 1.82) is 0 Å². The summed E-state index contributed by atoms with van der Waals surface area (Å²) in [5.74, 6) is 1.83. The van der Waals surface area contributed by atoms with Gasteiger partial charge in [0.05, 0.1) is 5.69 Å². The molecule has 0 saturated heterocycles. The van der Waals surface area contributed by atoms with Crippen molar-refractivity contribution in [1.82, 2.24) is 9.97 Å². The van der Waals surface area contributed by atoms with Gasteiger partial charge in [-0.3, -0.25) is 0 Å². The molecule has 138 valence electrons. The molecule has 3 aromatic rings. The first kappa shape index (κ1) is 17.5. The Balaban J connectivity index is 1.75. The summed E-state index contributed by atoms with van der Waals surface area (Å²) in [6.07, 6.45) is 1.06. The lowest BCUT2D eigenvalue weighted by Gasteiger charge is -2.31. The van der Waals surface area contributed by atoms with Crippen molar-refractivity contribution >= 4 is 11.8 Å². The van der Waals surface area contributed by atoms with Crippen LogP contribution in [0.1, 0.15) is 25.0 Å². The summed E-state index contributed by atoms with van der Waals surface area (Å²) < 4.78 is 0. The van der Waals surface area contributed by atoms with Gasteiger partial charge in [-0.2, -0.15) is 4.98 Å². The van der Waals surface area contributed by atoms with E-state index < -0.39 is 0 Å². The zero-order valence-electron chi connectivity index (χ0n) is 16.1. The molecule has 0 atom stereocenters. The van der Waals surface area contributed by atoms with E-state index in [1.165, 1.54) is 11.1 Å². The summed E-state index contributed by atoms with van der Waals surface area (Å²) in [4.78, 5) is 14.4. The lowest BCUT2D eigenvalue weighted by atomic mass is 10.00. The minimum absolute atomic E-state index is 0.815. The van der Waals surface area contributed by atoms with Crippen LogP contribution in [0.4, 0.5) is 11.8 Å². The molecular weight excluding hydrogens is 332 g/mol. The number of fused-ring (bicyclic) bond motifs is 1. The highest BCUT2D eigenvalue weighted by atomic mass is 15.3. The number of nitrogens with zero attached hydrogens (tertiary/aromatic N) is 4. The maximum Gasteiger partial charge on any atom is 0.227 e. The molecule has 0 spiro atoms. The largest absolute Gasteiger partial charge is 0.352 e. The number of rotatable bonds is 5. The van der Waals surface area contributed by atoms with Gasteiger partial charge in [0, 0.05) is 37.8 Å². The minimum Gasteiger partial charge on any atom is -0.352 e. The normalized spacial score (nSPS) is 13.3. The third-order valence-electron chi connectivity index (χ3n) is 5.27. The minimum atomic E-state index is 0.815. The van der Waals surface area contributed by atoms with Gasteiger partial charge in [0.1, 0.15) is 5.82 Å². The molecule has 0 N–H and O–H groups in total. The van der Waals surface area contributed by atoms with Crippen LogP contribution < -0.4 is 9.80 Å². The molecule has 2 heterocycles. The van der Waals surface area contributed by atoms with E-state index in [1.54, 1.807) is 0 Å². The predicted molar refractivity (Wildman–Crippen MR) is 112 cm³/mol. The van der Waals surface area contributed by atoms with Gasteiger partial charge in [0.15, 0.2) is 0 Å². The quantitative estimate of drug-likeness (QED) is 0.670. The first-order valence-electron chi connectivity index (χ1n) is 9.79. The lowest BCUT2D eigenvalue weighted by molar-refractivity contribution is 0.715. The molecular formula is C23H26N4. The highest BCUT2D eigenvalue weighted by molar-refractivity contribution is 5.65. The molecule has 4 rings (SSSR count). The number of anilines is 2. The molecule has 0 fully saturated rings. The average Bonchev–Trinajstić information content (AvgIpc) is 2.75. The van der Waals surface area contributed by atoms with Gasteiger partial charge < -0.3 is 9.80 Å².